The quantitative estimate of drug-likeness (QED) is 0.767. The van der Waals surface area contributed by atoms with E-state index in [4.69, 9.17) is 0 Å². The van der Waals surface area contributed by atoms with Gasteiger partial charge in [0.05, 0.1) is 30.1 Å². The average Bonchev–Trinajstić information content (AvgIpc) is 3.04. The fourth-order valence-electron chi connectivity index (χ4n) is 4.67. The highest BCUT2D eigenvalue weighted by Gasteiger charge is 2.65. The first-order chi connectivity index (χ1) is 13.8. The summed E-state index contributed by atoms with van der Waals surface area (Å²) >= 11 is 0. The zero-order valence-corrected chi connectivity index (χ0v) is 16.7. The lowest BCUT2D eigenvalue weighted by molar-refractivity contribution is -0.132. The number of Topliss-reactive ketones (excluding diaryl/α,β-unsaturated/α-hetero) is 1. The van der Waals surface area contributed by atoms with Crippen molar-refractivity contribution in [2.45, 2.75) is 32.9 Å². The van der Waals surface area contributed by atoms with Crippen LogP contribution in [0.15, 0.2) is 55.0 Å². The Kier molecular flexibility index (Phi) is 4.28. The molecule has 2 aliphatic heterocycles. The molecule has 5 nitrogen and oxygen atoms in total. The molecule has 2 aliphatic rings. The van der Waals surface area contributed by atoms with Gasteiger partial charge < -0.3 is 4.90 Å². The molecule has 4 rings (SSSR count). The van der Waals surface area contributed by atoms with Gasteiger partial charge >= 0.3 is 0 Å². The maximum Gasteiger partial charge on any atom is 0.180 e. The zero-order valence-electron chi connectivity index (χ0n) is 16.7. The highest BCUT2D eigenvalue weighted by molar-refractivity contribution is 5.89. The summed E-state index contributed by atoms with van der Waals surface area (Å²) in [6, 6.07) is 15.1. The minimum atomic E-state index is -1.51. The number of fused-ring (bicyclic) bond motifs is 3. The number of benzene rings is 1. The second-order valence-corrected chi connectivity index (χ2v) is 8.71. The van der Waals surface area contributed by atoms with E-state index in [2.05, 4.69) is 17.1 Å². The van der Waals surface area contributed by atoms with Crippen LogP contribution in [-0.2, 0) is 4.79 Å². The van der Waals surface area contributed by atoms with E-state index in [9.17, 15) is 15.3 Å². The topological polar surface area (TPSA) is 80.8 Å². The van der Waals surface area contributed by atoms with Crippen LogP contribution >= 0.6 is 0 Å². The summed E-state index contributed by atoms with van der Waals surface area (Å²) in [5, 5.41) is 20.7. The molecule has 0 bridgehead atoms. The number of ketones is 1. The second-order valence-electron chi connectivity index (χ2n) is 8.71. The molecule has 29 heavy (non-hydrogen) atoms. The Balaban J connectivity index is 2.02. The molecule has 5 heteroatoms. The van der Waals surface area contributed by atoms with Gasteiger partial charge in [-0.15, -0.1) is 0 Å². The van der Waals surface area contributed by atoms with Crippen molar-refractivity contribution in [3.05, 3.63) is 71.7 Å². The molecule has 0 saturated carbocycles. The van der Waals surface area contributed by atoms with Crippen molar-refractivity contribution in [3.63, 3.8) is 0 Å². The van der Waals surface area contributed by atoms with Gasteiger partial charge in [0.1, 0.15) is 5.78 Å². The van der Waals surface area contributed by atoms with Crippen LogP contribution in [0.1, 0.15) is 49.5 Å². The van der Waals surface area contributed by atoms with E-state index in [0.29, 0.717) is 0 Å². The lowest BCUT2D eigenvalue weighted by Crippen LogP contribution is -2.40. The van der Waals surface area contributed by atoms with Crippen LogP contribution < -0.4 is 0 Å². The summed E-state index contributed by atoms with van der Waals surface area (Å²) < 4.78 is 0. The monoisotopic (exact) mass is 382 g/mol. The number of carbonyl (C=O) groups is 1. The number of pyridine rings is 1. The summed E-state index contributed by atoms with van der Waals surface area (Å²) in [6.07, 6.45) is 7.31. The Bertz CT molecular complexity index is 1050. The molecular weight excluding hydrogens is 360 g/mol. The van der Waals surface area contributed by atoms with Gasteiger partial charge in [-0.1, -0.05) is 51.1 Å². The average molecular weight is 382 g/mol. The number of nitrogens with zero attached hydrogens (tertiary/aromatic N) is 4. The van der Waals surface area contributed by atoms with Gasteiger partial charge in [0.2, 0.25) is 0 Å². The van der Waals surface area contributed by atoms with Gasteiger partial charge in [0.25, 0.3) is 0 Å². The lowest BCUT2D eigenvalue weighted by atomic mass is 9.64. The first kappa shape index (κ1) is 18.9. The second kappa shape index (κ2) is 6.57. The molecule has 0 amide bonds. The van der Waals surface area contributed by atoms with E-state index in [1.165, 1.54) is 0 Å². The Hall–Kier alpha value is -3.44. The van der Waals surface area contributed by atoms with E-state index in [1.807, 2.05) is 74.3 Å². The minimum absolute atomic E-state index is 0.0882. The SMILES string of the molecule is CC(C)(C)C(=O)C1C(c2cccnc2)N2C=Cc3ccccc3C2C1(C#N)C#N. The van der Waals surface area contributed by atoms with Gasteiger partial charge in [-0.05, 0) is 28.8 Å². The Morgan fingerprint density at radius 3 is 2.48 bits per heavy atom. The third-order valence-electron chi connectivity index (χ3n) is 5.99. The van der Waals surface area contributed by atoms with Crippen LogP contribution in [0.2, 0.25) is 0 Å². The predicted octanol–water partition coefficient (Wildman–Crippen LogP) is 4.43. The molecule has 2 aromatic rings. The van der Waals surface area contributed by atoms with E-state index >= 15 is 0 Å². The van der Waals surface area contributed by atoms with E-state index in [0.717, 1.165) is 16.7 Å². The molecule has 3 unspecified atom stereocenters. The van der Waals surface area contributed by atoms with Crippen LogP contribution in [0, 0.1) is 39.4 Å². The van der Waals surface area contributed by atoms with Gasteiger partial charge in [0, 0.05) is 24.0 Å². The molecule has 1 saturated heterocycles. The molecule has 144 valence electrons. The summed E-state index contributed by atoms with van der Waals surface area (Å²) in [7, 11) is 0. The molecule has 3 heterocycles. The number of nitriles is 2. The van der Waals surface area contributed by atoms with Crippen LogP contribution in [-0.4, -0.2) is 15.7 Å². The summed E-state index contributed by atoms with van der Waals surface area (Å²) in [5.41, 5.74) is 0.498. The maximum atomic E-state index is 13.7. The van der Waals surface area contributed by atoms with Gasteiger partial charge in [0.15, 0.2) is 5.41 Å². The summed E-state index contributed by atoms with van der Waals surface area (Å²) in [5.74, 6) is -0.891. The summed E-state index contributed by atoms with van der Waals surface area (Å²) in [4.78, 5) is 19.9. The molecular formula is C24H22N4O. The molecule has 1 aromatic carbocycles. The zero-order chi connectivity index (χ0) is 20.8. The van der Waals surface area contributed by atoms with Gasteiger partial charge in [-0.2, -0.15) is 10.5 Å². The number of aromatic nitrogens is 1. The third-order valence-corrected chi connectivity index (χ3v) is 5.99. The number of hydrogen-bond donors (Lipinski definition) is 0. The predicted molar refractivity (Wildman–Crippen MR) is 109 cm³/mol. The van der Waals surface area contributed by atoms with Crippen molar-refractivity contribution >= 4 is 11.9 Å². The lowest BCUT2D eigenvalue weighted by Gasteiger charge is -2.34. The number of hydrogen-bond acceptors (Lipinski definition) is 5. The normalized spacial score (nSPS) is 24.2. The third kappa shape index (κ3) is 2.66. The first-order valence-corrected chi connectivity index (χ1v) is 9.66. The van der Waals surface area contributed by atoms with E-state index in [1.54, 1.807) is 12.4 Å². The van der Waals surface area contributed by atoms with Crippen LogP contribution in [0.3, 0.4) is 0 Å². The van der Waals surface area contributed by atoms with Crippen molar-refractivity contribution in [1.82, 2.24) is 9.88 Å². The van der Waals surface area contributed by atoms with E-state index in [-0.39, 0.29) is 5.78 Å². The molecule has 0 N–H and O–H groups in total. The fraction of sp³-hybridized carbons (Fsp3) is 0.333. The number of rotatable bonds is 2. The molecule has 0 spiro atoms. The largest absolute Gasteiger partial charge is 0.360 e. The van der Waals surface area contributed by atoms with Crippen LogP contribution in [0.4, 0.5) is 0 Å². The van der Waals surface area contributed by atoms with Crippen molar-refractivity contribution < 1.29 is 4.79 Å². The van der Waals surface area contributed by atoms with Crippen molar-refractivity contribution in [2.75, 3.05) is 0 Å². The van der Waals surface area contributed by atoms with Crippen LogP contribution in [0.25, 0.3) is 6.08 Å². The van der Waals surface area contributed by atoms with E-state index < -0.39 is 28.8 Å². The molecule has 0 aliphatic carbocycles. The minimum Gasteiger partial charge on any atom is -0.360 e. The first-order valence-electron chi connectivity index (χ1n) is 9.66. The highest BCUT2D eigenvalue weighted by atomic mass is 16.1. The smallest absolute Gasteiger partial charge is 0.180 e. The standard InChI is InChI=1S/C24H22N4O/c1-23(2,3)22(29)19-20(17-8-6-11-27-13-17)28-12-10-16-7-4-5-9-18(16)21(28)24(19,14-25)15-26/h4-13,19-21H,1-3H3. The Morgan fingerprint density at radius 1 is 1.14 bits per heavy atom. The van der Waals surface area contributed by atoms with Gasteiger partial charge in [-0.3, -0.25) is 9.78 Å². The highest BCUT2D eigenvalue weighted by Crippen LogP contribution is 2.61. The number of carbonyl (C=O) groups excluding carboxylic acids is 1. The van der Waals surface area contributed by atoms with Crippen molar-refractivity contribution in [3.8, 4) is 12.1 Å². The van der Waals surface area contributed by atoms with Crippen LogP contribution in [0.5, 0.6) is 0 Å². The molecule has 1 fully saturated rings. The van der Waals surface area contributed by atoms with Crippen molar-refractivity contribution in [1.29, 1.82) is 10.5 Å². The van der Waals surface area contributed by atoms with Crippen molar-refractivity contribution in [2.24, 2.45) is 16.7 Å². The Labute approximate surface area is 170 Å². The maximum absolute atomic E-state index is 13.7. The molecule has 1 aromatic heterocycles. The Morgan fingerprint density at radius 2 is 1.86 bits per heavy atom. The summed E-state index contributed by atoms with van der Waals surface area (Å²) in [6.45, 7) is 5.53. The van der Waals surface area contributed by atoms with Gasteiger partial charge in [-0.25, -0.2) is 0 Å². The molecule has 3 atom stereocenters. The fourth-order valence-corrected chi connectivity index (χ4v) is 4.67. The molecule has 0 radical (unpaired) electrons.